The summed E-state index contributed by atoms with van der Waals surface area (Å²) >= 11 is 3.55. The number of alkyl halides is 1. The molecule has 0 amide bonds. The number of hydrogen-bond acceptors (Lipinski definition) is 2. The van der Waals surface area contributed by atoms with Gasteiger partial charge in [0.2, 0.25) is 0 Å². The predicted molar refractivity (Wildman–Crippen MR) is 68.0 cm³/mol. The SMILES string of the molecule is CC(Br)CC(C)Cc1ccco1.O=[PH](O)O. The minimum absolute atomic E-state index is 0.600. The second-order valence-corrected chi connectivity index (χ2v) is 5.82. The van der Waals surface area contributed by atoms with E-state index in [4.69, 9.17) is 18.8 Å². The Morgan fingerprint density at radius 1 is 1.50 bits per heavy atom. The van der Waals surface area contributed by atoms with E-state index >= 15 is 0 Å². The van der Waals surface area contributed by atoms with Crippen molar-refractivity contribution in [2.24, 2.45) is 5.92 Å². The number of hydrogen-bond donors (Lipinski definition) is 2. The molecule has 2 N–H and O–H groups in total. The molecule has 0 saturated carbocycles. The van der Waals surface area contributed by atoms with Crippen LogP contribution in [0, 0.1) is 5.92 Å². The molecule has 2 atom stereocenters. The zero-order valence-corrected chi connectivity index (χ0v) is 12.0. The smallest absolute Gasteiger partial charge is 0.314 e. The highest BCUT2D eigenvalue weighted by molar-refractivity contribution is 9.09. The highest BCUT2D eigenvalue weighted by Crippen LogP contribution is 2.17. The molecule has 16 heavy (non-hydrogen) atoms. The van der Waals surface area contributed by atoms with Gasteiger partial charge in [0.05, 0.1) is 6.26 Å². The highest BCUT2D eigenvalue weighted by Gasteiger charge is 2.08. The van der Waals surface area contributed by atoms with Gasteiger partial charge in [-0.05, 0) is 24.5 Å². The molecule has 1 heterocycles. The van der Waals surface area contributed by atoms with E-state index in [1.165, 1.54) is 6.42 Å². The second kappa shape index (κ2) is 8.99. The molecule has 0 spiro atoms. The fourth-order valence-electron chi connectivity index (χ4n) is 1.41. The first kappa shape index (κ1) is 15.9. The summed E-state index contributed by atoms with van der Waals surface area (Å²) in [6, 6.07) is 3.98. The van der Waals surface area contributed by atoms with Gasteiger partial charge in [-0.1, -0.05) is 29.8 Å². The van der Waals surface area contributed by atoms with Gasteiger partial charge in [0.15, 0.2) is 0 Å². The third kappa shape index (κ3) is 10.4. The fourth-order valence-corrected chi connectivity index (χ4v) is 2.05. The average molecular weight is 313 g/mol. The van der Waals surface area contributed by atoms with Crippen LogP contribution in [0.2, 0.25) is 0 Å². The molecule has 94 valence electrons. The van der Waals surface area contributed by atoms with Crippen molar-refractivity contribution in [1.29, 1.82) is 0 Å². The maximum absolute atomic E-state index is 8.74. The molecule has 0 bridgehead atoms. The van der Waals surface area contributed by atoms with E-state index in [9.17, 15) is 0 Å². The molecule has 1 aromatic rings. The summed E-state index contributed by atoms with van der Waals surface area (Å²) in [5.74, 6) is 1.78. The van der Waals surface area contributed by atoms with Crippen LogP contribution in [-0.4, -0.2) is 14.6 Å². The van der Waals surface area contributed by atoms with Gasteiger partial charge in [0, 0.05) is 11.2 Å². The second-order valence-electron chi connectivity index (χ2n) is 3.69. The van der Waals surface area contributed by atoms with Crippen LogP contribution in [0.4, 0.5) is 0 Å². The van der Waals surface area contributed by atoms with Gasteiger partial charge in [-0.3, -0.25) is 4.57 Å². The maximum Gasteiger partial charge on any atom is 0.314 e. The van der Waals surface area contributed by atoms with Gasteiger partial charge in [-0.25, -0.2) is 0 Å². The third-order valence-corrected chi connectivity index (χ3v) is 2.23. The van der Waals surface area contributed by atoms with Crippen molar-refractivity contribution in [3.05, 3.63) is 24.2 Å². The summed E-state index contributed by atoms with van der Waals surface area (Å²) in [5, 5.41) is 0. The van der Waals surface area contributed by atoms with Crippen molar-refractivity contribution in [2.75, 3.05) is 0 Å². The lowest BCUT2D eigenvalue weighted by Crippen LogP contribution is -2.04. The van der Waals surface area contributed by atoms with Crippen molar-refractivity contribution in [3.8, 4) is 0 Å². The lowest BCUT2D eigenvalue weighted by Gasteiger charge is -2.10. The summed E-state index contributed by atoms with van der Waals surface area (Å²) in [7, 11) is -3.13. The van der Waals surface area contributed by atoms with E-state index in [1.54, 1.807) is 6.26 Å². The Morgan fingerprint density at radius 3 is 2.44 bits per heavy atom. The molecule has 0 radical (unpaired) electrons. The molecule has 0 aliphatic rings. The van der Waals surface area contributed by atoms with Crippen molar-refractivity contribution >= 4 is 24.2 Å². The van der Waals surface area contributed by atoms with Gasteiger partial charge < -0.3 is 14.2 Å². The topological polar surface area (TPSA) is 70.7 Å². The van der Waals surface area contributed by atoms with Gasteiger partial charge in [-0.15, -0.1) is 0 Å². The van der Waals surface area contributed by atoms with Crippen LogP contribution in [0.3, 0.4) is 0 Å². The minimum atomic E-state index is -3.13. The van der Waals surface area contributed by atoms with Crippen molar-refractivity contribution in [1.82, 2.24) is 0 Å². The maximum atomic E-state index is 8.74. The first-order valence-corrected chi connectivity index (χ1v) is 7.22. The molecule has 4 nitrogen and oxygen atoms in total. The Bertz CT molecular complexity index is 283. The van der Waals surface area contributed by atoms with E-state index in [2.05, 4.69) is 29.8 Å². The average Bonchev–Trinajstić information content (AvgIpc) is 2.53. The molecule has 0 aliphatic heterocycles. The van der Waals surface area contributed by atoms with Crippen LogP contribution in [0.5, 0.6) is 0 Å². The Kier molecular flexibility index (Phi) is 8.94. The van der Waals surface area contributed by atoms with Crippen LogP contribution in [0.1, 0.15) is 26.0 Å². The predicted octanol–water partition coefficient (Wildman–Crippen LogP) is 2.99. The van der Waals surface area contributed by atoms with E-state index in [1.807, 2.05) is 12.1 Å². The molecular formula is C10H18BrO4P. The Morgan fingerprint density at radius 2 is 2.06 bits per heavy atom. The third-order valence-electron chi connectivity index (χ3n) is 1.86. The molecule has 1 rings (SSSR count). The largest absolute Gasteiger partial charge is 0.469 e. The molecule has 0 aliphatic carbocycles. The van der Waals surface area contributed by atoms with Crippen molar-refractivity contribution in [2.45, 2.75) is 31.5 Å². The zero-order chi connectivity index (χ0) is 12.6. The van der Waals surface area contributed by atoms with Gasteiger partial charge >= 0.3 is 8.25 Å². The Balaban J connectivity index is 0.000000487. The van der Waals surface area contributed by atoms with Crippen LogP contribution in [-0.2, 0) is 11.0 Å². The van der Waals surface area contributed by atoms with E-state index in [-0.39, 0.29) is 0 Å². The summed E-state index contributed by atoms with van der Waals surface area (Å²) < 4.78 is 14.0. The number of halogens is 1. The molecule has 1 aromatic heterocycles. The van der Waals surface area contributed by atoms with Crippen LogP contribution in [0.15, 0.2) is 22.8 Å². The first-order valence-electron chi connectivity index (χ1n) is 5.00. The minimum Gasteiger partial charge on any atom is -0.469 e. The summed E-state index contributed by atoms with van der Waals surface area (Å²) in [6.45, 7) is 4.43. The van der Waals surface area contributed by atoms with Crippen LogP contribution < -0.4 is 0 Å². The summed E-state index contributed by atoms with van der Waals surface area (Å²) in [6.07, 6.45) is 3.98. The monoisotopic (exact) mass is 312 g/mol. The standard InChI is InChI=1S/C10H15BrO.H3O3P/c1-8(6-9(2)11)7-10-4-3-5-12-10;1-4(2)3/h3-5,8-9H,6-7H2,1-2H3;4H,(H2,1,2,3). The van der Waals surface area contributed by atoms with E-state index in [0.29, 0.717) is 10.7 Å². The molecule has 2 unspecified atom stereocenters. The first-order chi connectivity index (χ1) is 7.41. The Hall–Kier alpha value is -0.0900. The fraction of sp³-hybridized carbons (Fsp3) is 0.600. The lowest BCUT2D eigenvalue weighted by molar-refractivity contribution is 0.405. The zero-order valence-electron chi connectivity index (χ0n) is 9.39. The molecule has 6 heteroatoms. The van der Waals surface area contributed by atoms with Crippen molar-refractivity contribution in [3.63, 3.8) is 0 Å². The number of furan rings is 1. The molecule has 0 fully saturated rings. The lowest BCUT2D eigenvalue weighted by atomic mass is 10.0. The quantitative estimate of drug-likeness (QED) is 0.662. The van der Waals surface area contributed by atoms with Crippen molar-refractivity contribution < 1.29 is 18.8 Å². The van der Waals surface area contributed by atoms with Gasteiger partial charge in [-0.2, -0.15) is 0 Å². The highest BCUT2D eigenvalue weighted by atomic mass is 79.9. The van der Waals surface area contributed by atoms with Crippen LogP contribution in [0.25, 0.3) is 0 Å². The normalized spacial score (nSPS) is 14.1. The summed E-state index contributed by atoms with van der Waals surface area (Å²) in [4.78, 5) is 14.9. The van der Waals surface area contributed by atoms with E-state index in [0.717, 1.165) is 12.2 Å². The molecule has 0 saturated heterocycles. The molecule has 0 aromatic carbocycles. The van der Waals surface area contributed by atoms with Gasteiger partial charge in [0.25, 0.3) is 0 Å². The Labute approximate surface area is 105 Å². The van der Waals surface area contributed by atoms with Crippen LogP contribution >= 0.6 is 24.2 Å². The molecular weight excluding hydrogens is 295 g/mol. The van der Waals surface area contributed by atoms with E-state index < -0.39 is 8.25 Å². The van der Waals surface area contributed by atoms with Gasteiger partial charge in [0.1, 0.15) is 5.76 Å². The summed E-state index contributed by atoms with van der Waals surface area (Å²) in [5.41, 5.74) is 0. The number of rotatable bonds is 4.